The normalized spacial score (nSPS) is 13.3. The molecule has 0 fully saturated rings. The van der Waals surface area contributed by atoms with Gasteiger partial charge in [0.2, 0.25) is 0 Å². The highest BCUT2D eigenvalue weighted by atomic mass is 32.2. The van der Waals surface area contributed by atoms with E-state index in [0.29, 0.717) is 12.0 Å². The van der Waals surface area contributed by atoms with Crippen LogP contribution in [0.4, 0.5) is 4.39 Å². The molecule has 21 heavy (non-hydrogen) atoms. The molecule has 0 saturated heterocycles. The summed E-state index contributed by atoms with van der Waals surface area (Å²) in [6, 6.07) is 4.57. The standard InChI is InChI=1S/C16H25FO3S/c1-3-4-5-6-7-8-15(17)12-14-11-13(2)9-10-16(14)21(18,19)20/h9-11,15H,3-8,12H2,1-2H3,(H,18,19,20)/t15-/m0/s1. The highest BCUT2D eigenvalue weighted by Crippen LogP contribution is 2.21. The summed E-state index contributed by atoms with van der Waals surface area (Å²) >= 11 is 0. The molecule has 1 atom stereocenters. The third-order valence-corrected chi connectivity index (χ3v) is 4.51. The molecule has 3 nitrogen and oxygen atoms in total. The number of benzene rings is 1. The molecule has 1 aromatic carbocycles. The molecule has 1 N–H and O–H groups in total. The molecule has 0 aliphatic rings. The molecule has 0 spiro atoms. The van der Waals surface area contributed by atoms with Gasteiger partial charge in [-0.3, -0.25) is 4.55 Å². The van der Waals surface area contributed by atoms with E-state index in [1.54, 1.807) is 12.1 Å². The summed E-state index contributed by atoms with van der Waals surface area (Å²) in [6.07, 6.45) is 4.65. The van der Waals surface area contributed by atoms with Gasteiger partial charge in [-0.1, -0.05) is 56.7 Å². The topological polar surface area (TPSA) is 54.4 Å². The van der Waals surface area contributed by atoms with E-state index in [1.165, 1.54) is 12.5 Å². The lowest BCUT2D eigenvalue weighted by molar-refractivity contribution is 0.301. The lowest BCUT2D eigenvalue weighted by atomic mass is 10.0. The highest BCUT2D eigenvalue weighted by Gasteiger charge is 2.18. The quantitative estimate of drug-likeness (QED) is 0.540. The molecule has 0 unspecified atom stereocenters. The minimum Gasteiger partial charge on any atom is -0.282 e. The van der Waals surface area contributed by atoms with E-state index >= 15 is 0 Å². The van der Waals surface area contributed by atoms with Gasteiger partial charge in [0.25, 0.3) is 10.1 Å². The SMILES string of the molecule is CCCCCCC[C@H](F)Cc1cc(C)ccc1S(=O)(=O)O. The van der Waals surface area contributed by atoms with Crippen molar-refractivity contribution in [1.82, 2.24) is 0 Å². The Morgan fingerprint density at radius 3 is 2.48 bits per heavy atom. The molecule has 0 saturated carbocycles. The van der Waals surface area contributed by atoms with Crippen LogP contribution in [0.15, 0.2) is 23.1 Å². The number of unbranched alkanes of at least 4 members (excludes halogenated alkanes) is 4. The Morgan fingerprint density at radius 1 is 1.19 bits per heavy atom. The number of halogens is 1. The fourth-order valence-electron chi connectivity index (χ4n) is 2.43. The van der Waals surface area contributed by atoms with Crippen LogP contribution in [0, 0.1) is 6.92 Å². The lowest BCUT2D eigenvalue weighted by Crippen LogP contribution is -2.10. The minimum absolute atomic E-state index is 0.0323. The average molecular weight is 316 g/mol. The molecule has 0 amide bonds. The van der Waals surface area contributed by atoms with Crippen LogP contribution in [-0.4, -0.2) is 19.1 Å². The van der Waals surface area contributed by atoms with Crippen LogP contribution in [0.1, 0.15) is 56.6 Å². The maximum Gasteiger partial charge on any atom is 0.294 e. The van der Waals surface area contributed by atoms with Crippen LogP contribution in [0.25, 0.3) is 0 Å². The second kappa shape index (κ2) is 8.49. The number of alkyl halides is 1. The number of hydrogen-bond acceptors (Lipinski definition) is 2. The van der Waals surface area contributed by atoms with E-state index in [2.05, 4.69) is 6.92 Å². The Morgan fingerprint density at radius 2 is 1.86 bits per heavy atom. The van der Waals surface area contributed by atoms with Crippen molar-refractivity contribution < 1.29 is 17.4 Å². The number of rotatable bonds is 9. The predicted molar refractivity (Wildman–Crippen MR) is 83.0 cm³/mol. The fourth-order valence-corrected chi connectivity index (χ4v) is 3.14. The van der Waals surface area contributed by atoms with Crippen LogP contribution in [0.2, 0.25) is 0 Å². The van der Waals surface area contributed by atoms with Crippen LogP contribution in [0.3, 0.4) is 0 Å². The first kappa shape index (κ1) is 18.1. The molecule has 1 aromatic rings. The maximum atomic E-state index is 14.0. The Labute approximate surface area is 127 Å². The van der Waals surface area contributed by atoms with Gasteiger partial charge in [0.15, 0.2) is 0 Å². The Bertz CT molecular complexity index is 540. The third-order valence-electron chi connectivity index (χ3n) is 3.56. The van der Waals surface area contributed by atoms with E-state index in [-0.39, 0.29) is 11.3 Å². The zero-order valence-corrected chi connectivity index (χ0v) is 13.6. The maximum absolute atomic E-state index is 14.0. The zero-order valence-electron chi connectivity index (χ0n) is 12.8. The van der Waals surface area contributed by atoms with Crippen molar-refractivity contribution in [3.05, 3.63) is 29.3 Å². The van der Waals surface area contributed by atoms with E-state index in [0.717, 1.165) is 31.2 Å². The van der Waals surface area contributed by atoms with Gasteiger partial charge < -0.3 is 0 Å². The zero-order chi connectivity index (χ0) is 15.9. The molecular formula is C16H25FO3S. The summed E-state index contributed by atoms with van der Waals surface area (Å²) < 4.78 is 45.8. The summed E-state index contributed by atoms with van der Waals surface area (Å²) in [5.74, 6) is 0. The summed E-state index contributed by atoms with van der Waals surface area (Å²) in [7, 11) is -4.30. The molecule has 0 radical (unpaired) electrons. The molecule has 0 bridgehead atoms. The molecule has 1 rings (SSSR count). The minimum atomic E-state index is -4.30. The monoisotopic (exact) mass is 316 g/mol. The van der Waals surface area contributed by atoms with Gasteiger partial charge in [-0.2, -0.15) is 8.42 Å². The van der Waals surface area contributed by atoms with E-state index in [1.807, 2.05) is 6.92 Å². The van der Waals surface area contributed by atoms with Crippen molar-refractivity contribution in [2.24, 2.45) is 0 Å². The molecule has 0 aliphatic heterocycles. The van der Waals surface area contributed by atoms with Gasteiger partial charge in [0, 0.05) is 6.42 Å². The first-order valence-corrected chi connectivity index (χ1v) is 8.99. The largest absolute Gasteiger partial charge is 0.294 e. The van der Waals surface area contributed by atoms with E-state index < -0.39 is 16.3 Å². The third kappa shape index (κ3) is 6.57. The van der Waals surface area contributed by atoms with Gasteiger partial charge in [-0.05, 0) is 25.0 Å². The first-order chi connectivity index (χ1) is 9.84. The summed E-state index contributed by atoms with van der Waals surface area (Å²) in [6.45, 7) is 3.95. The van der Waals surface area contributed by atoms with Crippen molar-refractivity contribution in [3.8, 4) is 0 Å². The number of hydrogen-bond donors (Lipinski definition) is 1. The first-order valence-electron chi connectivity index (χ1n) is 7.55. The van der Waals surface area contributed by atoms with Crippen LogP contribution in [-0.2, 0) is 16.5 Å². The molecule has 120 valence electrons. The van der Waals surface area contributed by atoms with E-state index in [9.17, 15) is 17.4 Å². The van der Waals surface area contributed by atoms with Gasteiger partial charge in [0.05, 0.1) is 4.90 Å². The van der Waals surface area contributed by atoms with Gasteiger partial charge >= 0.3 is 0 Å². The molecule has 5 heteroatoms. The van der Waals surface area contributed by atoms with Gasteiger partial charge in [-0.15, -0.1) is 0 Å². The fraction of sp³-hybridized carbons (Fsp3) is 0.625. The van der Waals surface area contributed by atoms with Crippen molar-refractivity contribution in [2.45, 2.75) is 69.9 Å². The van der Waals surface area contributed by atoms with Crippen molar-refractivity contribution in [2.75, 3.05) is 0 Å². The molecule has 0 heterocycles. The molecule has 0 aliphatic carbocycles. The van der Waals surface area contributed by atoms with Crippen LogP contribution in [0.5, 0.6) is 0 Å². The second-order valence-electron chi connectivity index (χ2n) is 5.59. The molecule has 0 aromatic heterocycles. The van der Waals surface area contributed by atoms with Gasteiger partial charge in [0.1, 0.15) is 6.17 Å². The molecular weight excluding hydrogens is 291 g/mol. The predicted octanol–water partition coefficient (Wildman–Crippen LogP) is 4.48. The summed E-state index contributed by atoms with van der Waals surface area (Å²) in [4.78, 5) is -0.179. The van der Waals surface area contributed by atoms with Crippen molar-refractivity contribution in [1.29, 1.82) is 0 Å². The smallest absolute Gasteiger partial charge is 0.282 e. The summed E-state index contributed by atoms with van der Waals surface area (Å²) in [5.41, 5.74) is 1.21. The van der Waals surface area contributed by atoms with Gasteiger partial charge in [-0.25, -0.2) is 4.39 Å². The Balaban J connectivity index is 2.63. The Kier molecular flexibility index (Phi) is 7.32. The Hall–Kier alpha value is -0.940. The van der Waals surface area contributed by atoms with E-state index in [4.69, 9.17) is 0 Å². The van der Waals surface area contributed by atoms with Crippen LogP contribution < -0.4 is 0 Å². The number of aryl methyl sites for hydroxylation is 1. The second-order valence-corrected chi connectivity index (χ2v) is 6.98. The van der Waals surface area contributed by atoms with Crippen molar-refractivity contribution in [3.63, 3.8) is 0 Å². The summed E-state index contributed by atoms with van der Waals surface area (Å²) in [5, 5.41) is 0. The van der Waals surface area contributed by atoms with Crippen molar-refractivity contribution >= 4 is 10.1 Å². The van der Waals surface area contributed by atoms with Crippen LogP contribution >= 0.6 is 0 Å². The highest BCUT2D eigenvalue weighted by molar-refractivity contribution is 7.85. The average Bonchev–Trinajstić information content (AvgIpc) is 2.37. The lowest BCUT2D eigenvalue weighted by Gasteiger charge is -2.12.